The molecule has 0 unspecified atom stereocenters. The molecule has 1 N–H and O–H groups in total. The first-order chi connectivity index (χ1) is 11.7. The summed E-state index contributed by atoms with van der Waals surface area (Å²) in [6, 6.07) is 3.91. The zero-order valence-corrected chi connectivity index (χ0v) is 14.5. The van der Waals surface area contributed by atoms with Gasteiger partial charge in [0.1, 0.15) is 5.75 Å². The highest BCUT2D eigenvalue weighted by molar-refractivity contribution is 5.71. The van der Waals surface area contributed by atoms with Crippen molar-refractivity contribution in [2.24, 2.45) is 5.92 Å². The van der Waals surface area contributed by atoms with Gasteiger partial charge in [0, 0.05) is 26.1 Å². The average molecular weight is 359 g/mol. The van der Waals surface area contributed by atoms with Crippen LogP contribution in [-0.2, 0) is 11.3 Å². The Morgan fingerprint density at radius 2 is 1.92 bits per heavy atom. The lowest BCUT2D eigenvalue weighted by Crippen LogP contribution is -2.49. The third-order valence-electron chi connectivity index (χ3n) is 4.45. The van der Waals surface area contributed by atoms with Crippen LogP contribution in [0.3, 0.4) is 0 Å². The van der Waals surface area contributed by atoms with Crippen LogP contribution in [0.1, 0.15) is 36.0 Å². The molecule has 0 spiro atoms. The highest BCUT2D eigenvalue weighted by atomic mass is 19.4. The summed E-state index contributed by atoms with van der Waals surface area (Å²) in [6.07, 6.45) is -4.45. The van der Waals surface area contributed by atoms with Gasteiger partial charge in [0.05, 0.1) is 12.5 Å². The number of unbranched alkanes of at least 4 members (excludes halogenated alkanes) is 1. The molecular formula is C18H24F3NO3. The normalized spacial score (nSPS) is 15.9. The van der Waals surface area contributed by atoms with Crippen LogP contribution in [0.4, 0.5) is 13.2 Å². The van der Waals surface area contributed by atoms with E-state index in [-0.39, 0.29) is 18.9 Å². The van der Waals surface area contributed by atoms with Gasteiger partial charge in [0.2, 0.25) is 0 Å². The Kier molecular flexibility index (Phi) is 6.32. The van der Waals surface area contributed by atoms with Crippen molar-refractivity contribution in [1.29, 1.82) is 0 Å². The second-order valence-corrected chi connectivity index (χ2v) is 6.69. The lowest BCUT2D eigenvalue weighted by molar-refractivity contribution is -0.147. The van der Waals surface area contributed by atoms with Gasteiger partial charge in [0.15, 0.2) is 0 Å². The fourth-order valence-electron chi connectivity index (χ4n) is 2.88. The van der Waals surface area contributed by atoms with Gasteiger partial charge in [-0.15, -0.1) is 0 Å². The third-order valence-corrected chi connectivity index (χ3v) is 4.45. The molecule has 140 valence electrons. The number of hydrogen-bond donors (Lipinski definition) is 1. The van der Waals surface area contributed by atoms with Crippen molar-refractivity contribution >= 4 is 5.97 Å². The second-order valence-electron chi connectivity index (χ2n) is 6.69. The highest BCUT2D eigenvalue weighted by Crippen LogP contribution is 2.27. The van der Waals surface area contributed by atoms with Crippen LogP contribution in [0.15, 0.2) is 12.1 Å². The molecule has 1 aromatic rings. The summed E-state index contributed by atoms with van der Waals surface area (Å²) in [6.45, 7) is 5.95. The number of hydrogen-bond acceptors (Lipinski definition) is 3. The van der Waals surface area contributed by atoms with Crippen molar-refractivity contribution in [3.8, 4) is 5.75 Å². The van der Waals surface area contributed by atoms with Crippen molar-refractivity contribution in [1.82, 2.24) is 4.90 Å². The Bertz CT molecular complexity index is 610. The van der Waals surface area contributed by atoms with E-state index in [0.717, 1.165) is 16.7 Å². The number of aliphatic carboxylic acids is 1. The van der Waals surface area contributed by atoms with Gasteiger partial charge < -0.3 is 9.84 Å². The summed E-state index contributed by atoms with van der Waals surface area (Å²) in [5.41, 5.74) is 3.09. The Labute approximate surface area is 145 Å². The second kappa shape index (κ2) is 8.08. The zero-order valence-electron chi connectivity index (χ0n) is 14.5. The van der Waals surface area contributed by atoms with Crippen LogP contribution in [0, 0.1) is 19.8 Å². The minimum absolute atomic E-state index is 0.0688. The standard InChI is InChI=1S/C18H24F3NO3/c1-12-8-16(25-6-4-3-5-18(19,20)21)13(2)7-14(12)9-22-10-15(11-22)17(23)24/h7-8,15H,3-6,9-11H2,1-2H3,(H,23,24). The van der Waals surface area contributed by atoms with E-state index < -0.39 is 18.6 Å². The molecule has 1 aromatic carbocycles. The molecule has 1 fully saturated rings. The van der Waals surface area contributed by atoms with Gasteiger partial charge in [-0.3, -0.25) is 9.69 Å². The molecule has 1 aliphatic heterocycles. The lowest BCUT2D eigenvalue weighted by atomic mass is 9.97. The van der Waals surface area contributed by atoms with Crippen molar-refractivity contribution in [3.05, 3.63) is 28.8 Å². The van der Waals surface area contributed by atoms with E-state index in [1.54, 1.807) is 0 Å². The molecule has 1 aliphatic rings. The van der Waals surface area contributed by atoms with Crippen molar-refractivity contribution in [2.45, 2.75) is 45.8 Å². The molecule has 0 aromatic heterocycles. The maximum atomic E-state index is 12.1. The van der Waals surface area contributed by atoms with Crippen LogP contribution in [0.5, 0.6) is 5.75 Å². The Balaban J connectivity index is 1.82. The summed E-state index contributed by atoms with van der Waals surface area (Å²) in [5, 5.41) is 8.91. The molecule has 1 heterocycles. The van der Waals surface area contributed by atoms with Gasteiger partial charge in [-0.2, -0.15) is 13.2 Å². The van der Waals surface area contributed by atoms with Crippen LogP contribution < -0.4 is 4.74 Å². The quantitative estimate of drug-likeness (QED) is 0.715. The molecule has 1 saturated heterocycles. The predicted octanol–water partition coefficient (Wildman–Crippen LogP) is 3.93. The number of nitrogens with zero attached hydrogens (tertiary/aromatic N) is 1. The molecule has 0 radical (unpaired) electrons. The minimum Gasteiger partial charge on any atom is -0.493 e. The SMILES string of the molecule is Cc1cc(OCCCCC(F)(F)F)c(C)cc1CN1CC(C(=O)O)C1. The van der Waals surface area contributed by atoms with E-state index in [2.05, 4.69) is 4.90 Å². The molecular weight excluding hydrogens is 335 g/mol. The first-order valence-corrected chi connectivity index (χ1v) is 8.40. The Morgan fingerprint density at radius 1 is 1.24 bits per heavy atom. The minimum atomic E-state index is -4.11. The number of aryl methyl sites for hydroxylation is 2. The average Bonchev–Trinajstić information content (AvgIpc) is 2.44. The molecule has 0 saturated carbocycles. The Hall–Kier alpha value is -1.76. The first kappa shape index (κ1) is 19.6. The summed E-state index contributed by atoms with van der Waals surface area (Å²) >= 11 is 0. The Morgan fingerprint density at radius 3 is 2.52 bits per heavy atom. The molecule has 0 bridgehead atoms. The fraction of sp³-hybridized carbons (Fsp3) is 0.611. The number of likely N-dealkylation sites (tertiary alicyclic amines) is 1. The van der Waals surface area contributed by atoms with Crippen LogP contribution in [0.2, 0.25) is 0 Å². The van der Waals surface area contributed by atoms with Crippen LogP contribution >= 0.6 is 0 Å². The number of carboxylic acid groups (broad SMARTS) is 1. The van der Waals surface area contributed by atoms with E-state index in [0.29, 0.717) is 31.8 Å². The molecule has 0 aliphatic carbocycles. The molecule has 4 nitrogen and oxygen atoms in total. The number of benzene rings is 1. The summed E-state index contributed by atoms with van der Waals surface area (Å²) in [7, 11) is 0. The van der Waals surface area contributed by atoms with Crippen LogP contribution in [-0.4, -0.2) is 41.8 Å². The maximum Gasteiger partial charge on any atom is 0.389 e. The van der Waals surface area contributed by atoms with Gasteiger partial charge in [-0.05, 0) is 49.4 Å². The number of alkyl halides is 3. The molecule has 0 amide bonds. The van der Waals surface area contributed by atoms with E-state index in [1.165, 1.54) is 0 Å². The molecule has 25 heavy (non-hydrogen) atoms. The van der Waals surface area contributed by atoms with Gasteiger partial charge in [-0.1, -0.05) is 6.07 Å². The molecule has 2 rings (SSSR count). The summed E-state index contributed by atoms with van der Waals surface area (Å²) in [5.74, 6) is -0.334. The van der Waals surface area contributed by atoms with Crippen LogP contribution in [0.25, 0.3) is 0 Å². The van der Waals surface area contributed by atoms with Gasteiger partial charge >= 0.3 is 12.1 Å². The van der Waals surface area contributed by atoms with Crippen molar-refractivity contribution in [3.63, 3.8) is 0 Å². The fourth-order valence-corrected chi connectivity index (χ4v) is 2.88. The largest absolute Gasteiger partial charge is 0.493 e. The zero-order chi connectivity index (χ0) is 18.6. The topological polar surface area (TPSA) is 49.8 Å². The highest BCUT2D eigenvalue weighted by Gasteiger charge is 2.32. The number of ether oxygens (including phenoxy) is 1. The smallest absolute Gasteiger partial charge is 0.389 e. The predicted molar refractivity (Wildman–Crippen MR) is 87.7 cm³/mol. The summed E-state index contributed by atoms with van der Waals surface area (Å²) < 4.78 is 41.9. The van der Waals surface area contributed by atoms with E-state index >= 15 is 0 Å². The van der Waals surface area contributed by atoms with Gasteiger partial charge in [0.25, 0.3) is 0 Å². The van der Waals surface area contributed by atoms with E-state index in [9.17, 15) is 18.0 Å². The lowest BCUT2D eigenvalue weighted by Gasteiger charge is -2.37. The number of halogens is 3. The number of rotatable bonds is 8. The first-order valence-electron chi connectivity index (χ1n) is 8.40. The molecule has 0 atom stereocenters. The van der Waals surface area contributed by atoms with Crippen molar-refractivity contribution < 1.29 is 27.8 Å². The molecule has 7 heteroatoms. The number of carboxylic acids is 1. The van der Waals surface area contributed by atoms with E-state index in [1.807, 2.05) is 26.0 Å². The number of carbonyl (C=O) groups is 1. The maximum absolute atomic E-state index is 12.1. The third kappa shape index (κ3) is 5.92. The van der Waals surface area contributed by atoms with Gasteiger partial charge in [-0.25, -0.2) is 0 Å². The summed E-state index contributed by atoms with van der Waals surface area (Å²) in [4.78, 5) is 12.9. The monoisotopic (exact) mass is 359 g/mol. The van der Waals surface area contributed by atoms with E-state index in [4.69, 9.17) is 9.84 Å². The van der Waals surface area contributed by atoms with Crippen molar-refractivity contribution in [2.75, 3.05) is 19.7 Å².